The molecule has 33 heavy (non-hydrogen) atoms. The summed E-state index contributed by atoms with van der Waals surface area (Å²) in [6.07, 6.45) is -0.711. The van der Waals surface area contributed by atoms with Crippen LogP contribution in [0.1, 0.15) is 32.3 Å². The van der Waals surface area contributed by atoms with E-state index in [9.17, 15) is 18.8 Å². The molecule has 3 heterocycles. The molecule has 0 bridgehead atoms. The number of ether oxygens (including phenoxy) is 3. The minimum atomic E-state index is -0.782. The Kier molecular flexibility index (Phi) is 11.3. The summed E-state index contributed by atoms with van der Waals surface area (Å²) in [6.45, 7) is 4.90. The van der Waals surface area contributed by atoms with Crippen molar-refractivity contribution in [2.24, 2.45) is 0 Å². The summed E-state index contributed by atoms with van der Waals surface area (Å²) >= 11 is 0.868. The number of halogens is 1. The summed E-state index contributed by atoms with van der Waals surface area (Å²) in [5.74, 6) is -2.04. The van der Waals surface area contributed by atoms with Gasteiger partial charge < -0.3 is 0 Å². The molecule has 1 aromatic carbocycles. The predicted octanol–water partition coefficient (Wildman–Crippen LogP) is -1.93. The Morgan fingerprint density at radius 2 is 1.73 bits per heavy atom. The Morgan fingerprint density at radius 1 is 1.09 bits per heavy atom. The zero-order valence-electron chi connectivity index (χ0n) is 19.7. The van der Waals surface area contributed by atoms with Crippen LogP contribution in [-0.2, 0) is 23.8 Å². The molecule has 3 aliphatic rings. The molecule has 0 aromatic heterocycles. The third kappa shape index (κ3) is 6.13. The van der Waals surface area contributed by atoms with E-state index in [1.165, 1.54) is 11.0 Å². The molecule has 0 saturated heterocycles. The Morgan fingerprint density at radius 3 is 2.33 bits per heavy atom. The fourth-order valence-electron chi connectivity index (χ4n) is 3.84. The van der Waals surface area contributed by atoms with E-state index in [1.54, 1.807) is 32.9 Å². The van der Waals surface area contributed by atoms with Gasteiger partial charge in [0, 0.05) is 0 Å². The van der Waals surface area contributed by atoms with Crippen molar-refractivity contribution in [1.29, 1.82) is 0 Å². The predicted molar refractivity (Wildman–Crippen MR) is 133 cm³/mol. The molecule has 0 aliphatic carbocycles. The van der Waals surface area contributed by atoms with Gasteiger partial charge in [0.15, 0.2) is 0 Å². The van der Waals surface area contributed by atoms with Crippen LogP contribution in [0.15, 0.2) is 40.7 Å². The van der Waals surface area contributed by atoms with E-state index in [2.05, 4.69) is 0 Å². The molecule has 0 saturated carbocycles. The van der Waals surface area contributed by atoms with Crippen molar-refractivity contribution in [2.45, 2.75) is 32.3 Å². The van der Waals surface area contributed by atoms with E-state index in [0.717, 1.165) is 22.5 Å². The molecule has 6 radical (unpaired) electrons. The van der Waals surface area contributed by atoms with Gasteiger partial charge in [0.05, 0.1) is 0 Å². The molecule has 1 atom stereocenters. The molecule has 1 amide bonds. The van der Waals surface area contributed by atoms with E-state index in [0.29, 0.717) is 20.5 Å². The number of nitrogens with zero attached hydrogens (tertiary/aromatic N) is 1. The van der Waals surface area contributed by atoms with Gasteiger partial charge in [-0.1, -0.05) is 0 Å². The van der Waals surface area contributed by atoms with Crippen LogP contribution in [0, 0.1) is 5.82 Å². The van der Waals surface area contributed by atoms with Gasteiger partial charge in [-0.05, 0) is 0 Å². The third-order valence-corrected chi connectivity index (χ3v) is 6.06. The van der Waals surface area contributed by atoms with Gasteiger partial charge in [0.25, 0.3) is 0 Å². The number of carbonyl (C=O) groups excluding carboxylic acids is 3. The first kappa shape index (κ1) is 31.2. The SMILES string of the molecule is CC(C)(C)OC(=O)N1C2=C(C(=O)COC2)[C@H](c2ccc(F)[c]([Sn])c2)C2=C1COC2=O.[SnH3].[SnH3].[SnH3]. The van der Waals surface area contributed by atoms with Crippen molar-refractivity contribution in [2.75, 3.05) is 19.8 Å². The summed E-state index contributed by atoms with van der Waals surface area (Å²) in [5, 5.41) is 0. The number of hydrogen-bond acceptors (Lipinski definition) is 6. The number of benzene rings is 1. The maximum absolute atomic E-state index is 13.9. The molecular formula is C21H28FNO6Sn4. The van der Waals surface area contributed by atoms with Gasteiger partial charge in [0.1, 0.15) is 0 Å². The van der Waals surface area contributed by atoms with Crippen LogP contribution in [0.5, 0.6) is 0 Å². The topological polar surface area (TPSA) is 82.1 Å². The first-order chi connectivity index (χ1) is 14.1. The molecule has 0 unspecified atom stereocenters. The average Bonchev–Trinajstić information content (AvgIpc) is 3.02. The number of carbonyl (C=O) groups is 3. The van der Waals surface area contributed by atoms with E-state index >= 15 is 0 Å². The molecule has 0 N–H and O–H groups in total. The Bertz CT molecular complexity index is 1050. The number of hydrogen-bond donors (Lipinski definition) is 0. The number of esters is 1. The third-order valence-electron chi connectivity index (χ3n) is 4.97. The first-order valence-corrected chi connectivity index (χ1v) is 10.8. The number of Topliss-reactive ketones (excluding diaryl/α,β-unsaturated/α-hetero) is 1. The molecule has 3 aliphatic heterocycles. The van der Waals surface area contributed by atoms with Gasteiger partial charge in [-0.2, -0.15) is 0 Å². The summed E-state index contributed by atoms with van der Waals surface area (Å²) in [4.78, 5) is 39.8. The van der Waals surface area contributed by atoms with Crippen LogP contribution in [0.2, 0.25) is 0 Å². The van der Waals surface area contributed by atoms with Gasteiger partial charge >= 0.3 is 258 Å². The van der Waals surface area contributed by atoms with Gasteiger partial charge in [-0.3, -0.25) is 0 Å². The van der Waals surface area contributed by atoms with Gasteiger partial charge in [-0.25, -0.2) is 0 Å². The van der Waals surface area contributed by atoms with Crippen molar-refractivity contribution in [1.82, 2.24) is 4.90 Å². The van der Waals surface area contributed by atoms with Crippen LogP contribution >= 0.6 is 0 Å². The Hall–Kier alpha value is 0.195. The Labute approximate surface area is 255 Å². The minimum absolute atomic E-state index is 0. The quantitative estimate of drug-likeness (QED) is 0.242. The fourth-order valence-corrected chi connectivity index (χ4v) is 4.55. The monoisotopic (exact) mass is 889 g/mol. The summed E-state index contributed by atoms with van der Waals surface area (Å²) in [7, 11) is 0. The molecular weight excluding hydrogens is 856 g/mol. The van der Waals surface area contributed by atoms with E-state index in [4.69, 9.17) is 14.2 Å². The second kappa shape index (κ2) is 12.0. The summed E-state index contributed by atoms with van der Waals surface area (Å²) < 4.78 is 30.5. The second-order valence-corrected chi connectivity index (χ2v) is 9.74. The molecule has 12 heteroatoms. The standard InChI is InChI=1S/C21H19FNO6.4Sn.9H/c1-21(2,3)29-20(26)23-13-8-27-10-15(24)17(13)16(11-4-6-12(22)7-5-11)18-14(23)9-28-19(18)25;;;;;;;;;;;;;/h4-6,16H,8-10H2,1-3H3;;;;;;;;;;;;;/t16-;;;;;;;;;;;;;/m0............./s1. The Balaban J connectivity index is 0.00000181. The maximum atomic E-state index is 13.9. The van der Waals surface area contributed by atoms with Gasteiger partial charge in [0.2, 0.25) is 0 Å². The molecule has 7 nitrogen and oxygen atoms in total. The fraction of sp³-hybridized carbons (Fsp3) is 0.381. The van der Waals surface area contributed by atoms with Crippen LogP contribution < -0.4 is 3.58 Å². The second-order valence-electron chi connectivity index (χ2n) is 8.20. The van der Waals surface area contributed by atoms with Crippen molar-refractivity contribution < 1.29 is 33.0 Å². The normalized spacial score (nSPS) is 19.5. The van der Waals surface area contributed by atoms with Crippen LogP contribution in [-0.4, -0.2) is 142 Å². The van der Waals surface area contributed by atoms with Crippen LogP contribution in [0.25, 0.3) is 0 Å². The van der Waals surface area contributed by atoms with Crippen molar-refractivity contribution >= 4 is 116 Å². The van der Waals surface area contributed by atoms with Crippen molar-refractivity contribution in [3.05, 3.63) is 52.1 Å². The zero-order chi connectivity index (χ0) is 21.8. The molecule has 176 valence electrons. The van der Waals surface area contributed by atoms with Crippen LogP contribution in [0.4, 0.5) is 9.18 Å². The molecule has 0 fully saturated rings. The number of cyclic esters (lactones) is 1. The van der Waals surface area contributed by atoms with E-state index < -0.39 is 23.6 Å². The zero-order valence-corrected chi connectivity index (χ0v) is 39.7. The van der Waals surface area contributed by atoms with E-state index in [-0.39, 0.29) is 114 Å². The van der Waals surface area contributed by atoms with Gasteiger partial charge in [-0.15, -0.1) is 0 Å². The number of amides is 1. The van der Waals surface area contributed by atoms with Crippen molar-refractivity contribution in [3.8, 4) is 0 Å². The van der Waals surface area contributed by atoms with Crippen molar-refractivity contribution in [3.63, 3.8) is 0 Å². The average molecular weight is 884 g/mol. The molecule has 4 rings (SSSR count). The van der Waals surface area contributed by atoms with Crippen LogP contribution in [0.3, 0.4) is 0 Å². The van der Waals surface area contributed by atoms with E-state index in [1.807, 2.05) is 0 Å². The molecule has 1 aromatic rings. The number of ketones is 1. The summed E-state index contributed by atoms with van der Waals surface area (Å²) in [6, 6.07) is 4.52. The first-order valence-electron chi connectivity index (χ1n) is 9.37. The summed E-state index contributed by atoms with van der Waals surface area (Å²) in [5.41, 5.74) is 0.961. The molecule has 0 spiro atoms. The number of rotatable bonds is 1.